The van der Waals surface area contributed by atoms with Crippen LogP contribution in [0.3, 0.4) is 0 Å². The molecule has 2 atom stereocenters. The second kappa shape index (κ2) is 5.17. The minimum absolute atomic E-state index is 0.00994. The molecular weight excluding hydrogens is 282 g/mol. The number of hydrogen-bond donors (Lipinski definition) is 2. The van der Waals surface area contributed by atoms with Crippen LogP contribution in [-0.2, 0) is 22.5 Å². The van der Waals surface area contributed by atoms with Crippen LogP contribution < -0.4 is 11.1 Å². The first-order valence-electron chi connectivity index (χ1n) is 7.85. The van der Waals surface area contributed by atoms with E-state index in [0.717, 1.165) is 50.3 Å². The molecule has 1 aromatic rings. The predicted octanol–water partition coefficient (Wildman–Crippen LogP) is -0.430. The molecule has 7 nitrogen and oxygen atoms in total. The Morgan fingerprint density at radius 3 is 3.27 bits per heavy atom. The third kappa shape index (κ3) is 2.16. The van der Waals surface area contributed by atoms with Gasteiger partial charge in [-0.15, -0.1) is 0 Å². The Labute approximate surface area is 129 Å². The van der Waals surface area contributed by atoms with Gasteiger partial charge in [0.25, 0.3) is 0 Å². The van der Waals surface area contributed by atoms with E-state index in [1.165, 1.54) is 0 Å². The molecule has 2 fully saturated rings. The maximum Gasteiger partial charge on any atom is 0.228 e. The minimum atomic E-state index is -0.0118. The molecule has 1 spiro atoms. The maximum atomic E-state index is 13.0. The highest BCUT2D eigenvalue weighted by Crippen LogP contribution is 2.40. The summed E-state index contributed by atoms with van der Waals surface area (Å²) in [6.45, 7) is 4.34. The second-order valence-electron chi connectivity index (χ2n) is 6.56. The monoisotopic (exact) mass is 303 g/mol. The number of aromatic nitrogens is 2. The van der Waals surface area contributed by atoms with Crippen LogP contribution in [0.2, 0.25) is 0 Å². The molecule has 4 rings (SSSR count). The van der Waals surface area contributed by atoms with E-state index in [1.54, 1.807) is 6.20 Å². The molecular formula is C15H21N5O2. The van der Waals surface area contributed by atoms with Gasteiger partial charge in [-0.3, -0.25) is 4.79 Å². The van der Waals surface area contributed by atoms with Gasteiger partial charge >= 0.3 is 0 Å². The topological polar surface area (TPSA) is 93.4 Å². The predicted molar refractivity (Wildman–Crippen MR) is 79.8 cm³/mol. The van der Waals surface area contributed by atoms with Crippen molar-refractivity contribution in [2.45, 2.75) is 19.4 Å². The lowest BCUT2D eigenvalue weighted by Crippen LogP contribution is -2.46. The van der Waals surface area contributed by atoms with Gasteiger partial charge in [-0.1, -0.05) is 0 Å². The number of ether oxygens (including phenoxy) is 1. The molecule has 0 bridgehead atoms. The molecule has 0 saturated carbocycles. The largest absolute Gasteiger partial charge is 0.381 e. The van der Waals surface area contributed by atoms with Crippen molar-refractivity contribution in [2.24, 2.45) is 11.3 Å². The van der Waals surface area contributed by atoms with Crippen LogP contribution in [0.5, 0.6) is 0 Å². The van der Waals surface area contributed by atoms with Gasteiger partial charge in [-0.2, -0.15) is 0 Å². The van der Waals surface area contributed by atoms with Crippen LogP contribution in [0.25, 0.3) is 0 Å². The van der Waals surface area contributed by atoms with Crippen LogP contribution in [-0.4, -0.2) is 53.6 Å². The van der Waals surface area contributed by atoms with Crippen molar-refractivity contribution in [1.82, 2.24) is 20.2 Å². The minimum Gasteiger partial charge on any atom is -0.381 e. The van der Waals surface area contributed by atoms with Gasteiger partial charge in [0.05, 0.1) is 24.8 Å². The number of carbonyl (C=O) groups excluding carboxylic acids is 1. The fraction of sp³-hybridized carbons (Fsp3) is 0.667. The average molecular weight is 303 g/mol. The average Bonchev–Trinajstić information content (AvgIpc) is 3.16. The number of carbonyl (C=O) groups is 1. The van der Waals surface area contributed by atoms with Gasteiger partial charge in [0.2, 0.25) is 11.9 Å². The van der Waals surface area contributed by atoms with E-state index in [4.69, 9.17) is 10.5 Å². The summed E-state index contributed by atoms with van der Waals surface area (Å²) in [5, 5.41) is 3.38. The standard InChI is InChI=1S/C15H21N5O2/c16-14-18-5-10-1-3-20(7-12(10)19-14)13(21)11-6-17-8-15(11)2-4-22-9-15/h5,11,17H,1-4,6-9H2,(H2,16,18,19). The molecule has 3 aliphatic rings. The number of nitrogens with two attached hydrogens (primary N) is 1. The molecule has 0 aliphatic carbocycles. The summed E-state index contributed by atoms with van der Waals surface area (Å²) >= 11 is 0. The number of fused-ring (bicyclic) bond motifs is 1. The third-order valence-electron chi connectivity index (χ3n) is 5.27. The van der Waals surface area contributed by atoms with Gasteiger partial charge < -0.3 is 20.7 Å². The van der Waals surface area contributed by atoms with Crippen LogP contribution in [0.1, 0.15) is 17.7 Å². The Morgan fingerprint density at radius 1 is 1.55 bits per heavy atom. The summed E-state index contributed by atoms with van der Waals surface area (Å²) in [7, 11) is 0. The Morgan fingerprint density at radius 2 is 2.45 bits per heavy atom. The van der Waals surface area contributed by atoms with Gasteiger partial charge in [0, 0.05) is 37.9 Å². The smallest absolute Gasteiger partial charge is 0.228 e. The number of anilines is 1. The van der Waals surface area contributed by atoms with Crippen molar-refractivity contribution in [3.63, 3.8) is 0 Å². The van der Waals surface area contributed by atoms with Crippen LogP contribution in [0, 0.1) is 11.3 Å². The normalized spacial score (nSPS) is 30.7. The lowest BCUT2D eigenvalue weighted by molar-refractivity contribution is -0.139. The van der Waals surface area contributed by atoms with E-state index in [2.05, 4.69) is 15.3 Å². The SMILES string of the molecule is Nc1ncc2c(n1)CN(C(=O)C1CNCC13CCOC3)CC2. The van der Waals surface area contributed by atoms with Crippen LogP contribution >= 0.6 is 0 Å². The first-order valence-corrected chi connectivity index (χ1v) is 7.85. The van der Waals surface area contributed by atoms with E-state index < -0.39 is 0 Å². The van der Waals surface area contributed by atoms with E-state index in [9.17, 15) is 4.79 Å². The van der Waals surface area contributed by atoms with Gasteiger partial charge in [0.1, 0.15) is 0 Å². The molecule has 1 aromatic heterocycles. The quantitative estimate of drug-likeness (QED) is 0.731. The van der Waals surface area contributed by atoms with Gasteiger partial charge in [-0.25, -0.2) is 9.97 Å². The van der Waals surface area contributed by atoms with Crippen molar-refractivity contribution in [2.75, 3.05) is 38.6 Å². The van der Waals surface area contributed by atoms with Crippen molar-refractivity contribution in [1.29, 1.82) is 0 Å². The molecule has 0 aromatic carbocycles. The van der Waals surface area contributed by atoms with E-state index >= 15 is 0 Å². The zero-order chi connectivity index (χ0) is 15.2. The Hall–Kier alpha value is -1.73. The molecule has 1 amide bonds. The molecule has 118 valence electrons. The van der Waals surface area contributed by atoms with E-state index in [1.807, 2.05) is 4.90 Å². The highest BCUT2D eigenvalue weighted by atomic mass is 16.5. The lowest BCUT2D eigenvalue weighted by atomic mass is 9.76. The number of hydrogen-bond acceptors (Lipinski definition) is 6. The second-order valence-corrected chi connectivity index (χ2v) is 6.56. The molecule has 22 heavy (non-hydrogen) atoms. The Kier molecular flexibility index (Phi) is 3.27. The molecule has 4 heterocycles. The number of nitrogen functional groups attached to an aromatic ring is 1. The number of amides is 1. The van der Waals surface area contributed by atoms with Crippen LogP contribution in [0.4, 0.5) is 5.95 Å². The summed E-state index contributed by atoms with van der Waals surface area (Å²) < 4.78 is 5.57. The summed E-state index contributed by atoms with van der Waals surface area (Å²) in [6, 6.07) is 0. The van der Waals surface area contributed by atoms with Crippen molar-refractivity contribution in [3.8, 4) is 0 Å². The molecule has 7 heteroatoms. The maximum absolute atomic E-state index is 13.0. The first kappa shape index (κ1) is 13.9. The van der Waals surface area contributed by atoms with E-state index in [-0.39, 0.29) is 23.2 Å². The van der Waals surface area contributed by atoms with E-state index in [0.29, 0.717) is 13.2 Å². The highest BCUT2D eigenvalue weighted by Gasteiger charge is 2.50. The fourth-order valence-corrected chi connectivity index (χ4v) is 3.92. The highest BCUT2D eigenvalue weighted by molar-refractivity contribution is 5.80. The van der Waals surface area contributed by atoms with Crippen molar-refractivity contribution >= 4 is 11.9 Å². The summed E-state index contributed by atoms with van der Waals surface area (Å²) in [5.74, 6) is 0.505. The summed E-state index contributed by atoms with van der Waals surface area (Å²) in [6.07, 6.45) is 3.55. The third-order valence-corrected chi connectivity index (χ3v) is 5.27. The zero-order valence-corrected chi connectivity index (χ0v) is 12.5. The number of rotatable bonds is 1. The van der Waals surface area contributed by atoms with Gasteiger partial charge in [-0.05, 0) is 18.4 Å². The molecule has 2 saturated heterocycles. The van der Waals surface area contributed by atoms with Crippen molar-refractivity contribution in [3.05, 3.63) is 17.5 Å². The number of nitrogens with one attached hydrogen (secondary N) is 1. The summed E-state index contributed by atoms with van der Waals surface area (Å²) in [5.41, 5.74) is 7.64. The van der Waals surface area contributed by atoms with Gasteiger partial charge in [0.15, 0.2) is 0 Å². The molecule has 2 unspecified atom stereocenters. The Bertz CT molecular complexity index is 594. The number of nitrogens with zero attached hydrogens (tertiary/aromatic N) is 3. The fourth-order valence-electron chi connectivity index (χ4n) is 3.92. The molecule has 3 N–H and O–H groups in total. The molecule has 3 aliphatic heterocycles. The van der Waals surface area contributed by atoms with Crippen molar-refractivity contribution < 1.29 is 9.53 Å². The van der Waals surface area contributed by atoms with Crippen LogP contribution in [0.15, 0.2) is 6.20 Å². The molecule has 0 radical (unpaired) electrons. The Balaban J connectivity index is 1.54. The first-order chi connectivity index (χ1) is 10.7. The zero-order valence-electron chi connectivity index (χ0n) is 12.5. The summed E-state index contributed by atoms with van der Waals surface area (Å²) in [4.78, 5) is 23.3. The lowest BCUT2D eigenvalue weighted by Gasteiger charge is -2.34.